The zero-order valence-corrected chi connectivity index (χ0v) is 9.47. The number of hydrogen-bond donors (Lipinski definition) is 1. The first-order chi connectivity index (χ1) is 8.27. The van der Waals surface area contributed by atoms with E-state index in [4.69, 9.17) is 5.53 Å². The van der Waals surface area contributed by atoms with Gasteiger partial charge in [-0.3, -0.25) is 4.79 Å². The van der Waals surface area contributed by atoms with Gasteiger partial charge < -0.3 is 5.32 Å². The summed E-state index contributed by atoms with van der Waals surface area (Å²) < 4.78 is 0. The second-order valence-electron chi connectivity index (χ2n) is 3.16. The summed E-state index contributed by atoms with van der Waals surface area (Å²) in [6.45, 7) is 0.375. The van der Waals surface area contributed by atoms with Crippen molar-refractivity contribution in [3.8, 4) is 11.8 Å². The van der Waals surface area contributed by atoms with E-state index in [9.17, 15) is 4.79 Å². The molecule has 5 nitrogen and oxygen atoms in total. The van der Waals surface area contributed by atoms with Crippen molar-refractivity contribution in [2.75, 3.05) is 13.6 Å². The fraction of sp³-hybridized carbons (Fsp3) is 0.250. The van der Waals surface area contributed by atoms with Crippen molar-refractivity contribution in [3.63, 3.8) is 0 Å². The zero-order valence-electron chi connectivity index (χ0n) is 9.47. The van der Waals surface area contributed by atoms with Crippen molar-refractivity contribution >= 4 is 5.91 Å². The van der Waals surface area contributed by atoms with Crippen LogP contribution < -0.4 is 5.32 Å². The maximum Gasteiger partial charge on any atom is 0.251 e. The smallest absolute Gasteiger partial charge is 0.251 e. The molecule has 0 fully saturated rings. The molecule has 0 aliphatic rings. The lowest BCUT2D eigenvalue weighted by molar-refractivity contribution is 0.0963. The molecule has 86 valence electrons. The standard InChI is InChI=1S/C12H12N4O/c1-14-12(17)11-7-5-10(6-8-11)4-2-3-9-15-16-13/h5-8H,3,9H2,1H3,(H,14,17). The van der Waals surface area contributed by atoms with E-state index in [1.165, 1.54) is 0 Å². The molecule has 0 atom stereocenters. The van der Waals surface area contributed by atoms with E-state index < -0.39 is 0 Å². The topological polar surface area (TPSA) is 77.9 Å². The summed E-state index contributed by atoms with van der Waals surface area (Å²) in [5.41, 5.74) is 9.50. The molecule has 0 unspecified atom stereocenters. The molecule has 0 bridgehead atoms. The molecular formula is C12H12N4O. The number of nitrogens with zero attached hydrogens (tertiary/aromatic N) is 3. The van der Waals surface area contributed by atoms with Crippen LogP contribution in [-0.4, -0.2) is 19.5 Å². The Morgan fingerprint density at radius 2 is 2.18 bits per heavy atom. The summed E-state index contributed by atoms with van der Waals surface area (Å²) in [6.07, 6.45) is 0.529. The Hall–Kier alpha value is -2.44. The Balaban J connectivity index is 2.61. The van der Waals surface area contributed by atoms with Crippen molar-refractivity contribution < 1.29 is 4.79 Å². The van der Waals surface area contributed by atoms with Crippen molar-refractivity contribution in [2.24, 2.45) is 5.11 Å². The van der Waals surface area contributed by atoms with E-state index in [1.54, 1.807) is 31.3 Å². The first kappa shape index (κ1) is 12.6. The molecule has 0 saturated carbocycles. The van der Waals surface area contributed by atoms with Crippen LogP contribution in [-0.2, 0) is 0 Å². The fourth-order valence-corrected chi connectivity index (χ4v) is 1.16. The summed E-state index contributed by atoms with van der Waals surface area (Å²) in [5.74, 6) is 5.69. The minimum Gasteiger partial charge on any atom is -0.355 e. The number of nitrogens with one attached hydrogen (secondary N) is 1. The van der Waals surface area contributed by atoms with Gasteiger partial charge in [-0.05, 0) is 29.8 Å². The summed E-state index contributed by atoms with van der Waals surface area (Å²) in [7, 11) is 1.59. The Bertz CT molecular complexity index is 489. The number of carbonyl (C=O) groups excluding carboxylic acids is 1. The normalized spacial score (nSPS) is 8.53. The summed E-state index contributed by atoms with van der Waals surface area (Å²) >= 11 is 0. The van der Waals surface area contributed by atoms with Gasteiger partial charge in [-0.25, -0.2) is 0 Å². The van der Waals surface area contributed by atoms with Gasteiger partial charge in [0.25, 0.3) is 5.91 Å². The van der Waals surface area contributed by atoms with Crippen LogP contribution in [0.25, 0.3) is 10.4 Å². The van der Waals surface area contributed by atoms with E-state index in [2.05, 4.69) is 27.2 Å². The Labute approximate surface area is 99.5 Å². The van der Waals surface area contributed by atoms with Gasteiger partial charge in [0, 0.05) is 36.1 Å². The first-order valence-electron chi connectivity index (χ1n) is 5.10. The summed E-state index contributed by atoms with van der Waals surface area (Å²) in [6, 6.07) is 7.00. The van der Waals surface area contributed by atoms with Crippen molar-refractivity contribution in [2.45, 2.75) is 6.42 Å². The SMILES string of the molecule is CNC(=O)c1ccc(C#CCCN=[N+]=[N-])cc1. The predicted octanol–water partition coefficient (Wildman–Crippen LogP) is 2.10. The van der Waals surface area contributed by atoms with E-state index in [1.807, 2.05) is 0 Å². The highest BCUT2D eigenvalue weighted by atomic mass is 16.1. The summed E-state index contributed by atoms with van der Waals surface area (Å²) in [4.78, 5) is 13.9. The predicted molar refractivity (Wildman–Crippen MR) is 65.3 cm³/mol. The van der Waals surface area contributed by atoms with Gasteiger partial charge in [0.15, 0.2) is 0 Å². The number of azide groups is 1. The average Bonchev–Trinajstić information content (AvgIpc) is 2.38. The highest BCUT2D eigenvalue weighted by Crippen LogP contribution is 2.03. The van der Waals surface area contributed by atoms with E-state index in [0.717, 1.165) is 5.56 Å². The number of carbonyl (C=O) groups is 1. The number of rotatable bonds is 3. The second kappa shape index (κ2) is 6.94. The fourth-order valence-electron chi connectivity index (χ4n) is 1.16. The van der Waals surface area contributed by atoms with Gasteiger partial charge in [0.05, 0.1) is 0 Å². The van der Waals surface area contributed by atoms with Crippen molar-refractivity contribution in [1.29, 1.82) is 0 Å². The van der Waals surface area contributed by atoms with Crippen LogP contribution in [0, 0.1) is 11.8 Å². The van der Waals surface area contributed by atoms with Crippen LogP contribution >= 0.6 is 0 Å². The largest absolute Gasteiger partial charge is 0.355 e. The third-order valence-corrected chi connectivity index (χ3v) is 2.01. The lowest BCUT2D eigenvalue weighted by atomic mass is 10.1. The zero-order chi connectivity index (χ0) is 12.5. The lowest BCUT2D eigenvalue weighted by Gasteiger charge is -1.98. The molecule has 0 aromatic heterocycles. The van der Waals surface area contributed by atoms with Crippen molar-refractivity contribution in [1.82, 2.24) is 5.32 Å². The van der Waals surface area contributed by atoms with Crippen LogP contribution in [0.5, 0.6) is 0 Å². The molecule has 1 aromatic rings. The Morgan fingerprint density at radius 1 is 1.47 bits per heavy atom. The lowest BCUT2D eigenvalue weighted by Crippen LogP contribution is -2.17. The third kappa shape index (κ3) is 4.29. The first-order valence-corrected chi connectivity index (χ1v) is 5.10. The number of hydrogen-bond acceptors (Lipinski definition) is 2. The van der Waals surface area contributed by atoms with Crippen LogP contribution in [0.1, 0.15) is 22.3 Å². The molecule has 0 radical (unpaired) electrons. The number of benzene rings is 1. The second-order valence-corrected chi connectivity index (χ2v) is 3.16. The van der Waals surface area contributed by atoms with Crippen LogP contribution in [0.15, 0.2) is 29.4 Å². The molecule has 1 amide bonds. The molecule has 0 aliphatic carbocycles. The third-order valence-electron chi connectivity index (χ3n) is 2.01. The molecular weight excluding hydrogens is 216 g/mol. The van der Waals surface area contributed by atoms with E-state index in [-0.39, 0.29) is 5.91 Å². The number of amides is 1. The van der Waals surface area contributed by atoms with Gasteiger partial charge in [0.1, 0.15) is 0 Å². The van der Waals surface area contributed by atoms with Crippen LogP contribution in [0.2, 0.25) is 0 Å². The molecule has 17 heavy (non-hydrogen) atoms. The summed E-state index contributed by atoms with van der Waals surface area (Å²) in [5, 5.41) is 5.92. The molecule has 1 N–H and O–H groups in total. The minimum absolute atomic E-state index is 0.118. The molecule has 0 saturated heterocycles. The van der Waals surface area contributed by atoms with Gasteiger partial charge in [-0.1, -0.05) is 17.0 Å². The molecule has 5 heteroatoms. The maximum atomic E-state index is 11.3. The molecule has 0 aliphatic heterocycles. The molecule has 1 rings (SSSR count). The monoisotopic (exact) mass is 228 g/mol. The Kier molecular flexibility index (Phi) is 5.15. The Morgan fingerprint density at radius 3 is 2.76 bits per heavy atom. The minimum atomic E-state index is -0.118. The molecule has 1 aromatic carbocycles. The average molecular weight is 228 g/mol. The highest BCUT2D eigenvalue weighted by Gasteiger charge is 2.00. The van der Waals surface area contributed by atoms with E-state index in [0.29, 0.717) is 18.5 Å². The van der Waals surface area contributed by atoms with Gasteiger partial charge >= 0.3 is 0 Å². The molecule has 0 spiro atoms. The van der Waals surface area contributed by atoms with Crippen molar-refractivity contribution in [3.05, 3.63) is 45.8 Å². The van der Waals surface area contributed by atoms with Crippen LogP contribution in [0.4, 0.5) is 0 Å². The highest BCUT2D eigenvalue weighted by molar-refractivity contribution is 5.94. The quantitative estimate of drug-likeness (QED) is 0.278. The van der Waals surface area contributed by atoms with Gasteiger partial charge in [0.2, 0.25) is 0 Å². The van der Waals surface area contributed by atoms with Gasteiger partial charge in [-0.2, -0.15) is 0 Å². The van der Waals surface area contributed by atoms with Crippen LogP contribution in [0.3, 0.4) is 0 Å². The van der Waals surface area contributed by atoms with E-state index >= 15 is 0 Å². The maximum absolute atomic E-state index is 11.3. The van der Waals surface area contributed by atoms with Gasteiger partial charge in [-0.15, -0.1) is 0 Å². The molecule has 0 heterocycles.